The van der Waals surface area contributed by atoms with Crippen LogP contribution in [-0.4, -0.2) is 26.6 Å². The molecule has 2 atom stereocenters. The Hall–Kier alpha value is -3.85. The van der Waals surface area contributed by atoms with E-state index in [9.17, 15) is 19.3 Å². The molecule has 2 bridgehead atoms. The number of ether oxygens (including phenoxy) is 1. The summed E-state index contributed by atoms with van der Waals surface area (Å²) in [5.41, 5.74) is 0.675. The first-order valence-electron chi connectivity index (χ1n) is 10.2. The highest BCUT2D eigenvalue weighted by Crippen LogP contribution is 2.49. The van der Waals surface area contributed by atoms with Crippen molar-refractivity contribution >= 4 is 34.6 Å². The molecule has 0 aromatic heterocycles. The standard InChI is InChI=1S/C24H18FN3O4S/c1-24-14-20(19-4-2-3-5-21(19)32-24)26(22(29)15-6-10-18(11-7-15)28(30)31)23(33)27(24)17-12-8-16(25)9-13-17/h2-13,20H,14H2,1H3/t20-,24-/m0/s1. The fourth-order valence-electron chi connectivity index (χ4n) is 4.47. The predicted molar refractivity (Wildman–Crippen MR) is 124 cm³/mol. The van der Waals surface area contributed by atoms with Crippen LogP contribution in [0.4, 0.5) is 15.8 Å². The molecule has 0 unspecified atom stereocenters. The average Bonchev–Trinajstić information content (AvgIpc) is 2.80. The summed E-state index contributed by atoms with van der Waals surface area (Å²) in [7, 11) is 0. The molecular formula is C24H18FN3O4S. The normalized spacial score (nSPS) is 21.3. The van der Waals surface area contributed by atoms with Crippen LogP contribution in [0.2, 0.25) is 0 Å². The van der Waals surface area contributed by atoms with Gasteiger partial charge in [-0.25, -0.2) is 4.39 Å². The van der Waals surface area contributed by atoms with Crippen molar-refractivity contribution < 1.29 is 18.8 Å². The lowest BCUT2D eigenvalue weighted by Gasteiger charge is -2.55. The number of amides is 1. The number of non-ortho nitro benzene ring substituents is 1. The van der Waals surface area contributed by atoms with Gasteiger partial charge in [-0.2, -0.15) is 0 Å². The van der Waals surface area contributed by atoms with E-state index >= 15 is 0 Å². The van der Waals surface area contributed by atoms with Crippen LogP contribution in [0.3, 0.4) is 0 Å². The van der Waals surface area contributed by atoms with Gasteiger partial charge in [0.25, 0.3) is 11.6 Å². The maximum Gasteiger partial charge on any atom is 0.269 e. The van der Waals surface area contributed by atoms with Crippen LogP contribution >= 0.6 is 12.2 Å². The number of hydrogen-bond donors (Lipinski definition) is 0. The molecule has 0 saturated carbocycles. The van der Waals surface area contributed by atoms with Gasteiger partial charge in [0.2, 0.25) is 0 Å². The van der Waals surface area contributed by atoms with Gasteiger partial charge in [0.15, 0.2) is 10.8 Å². The van der Waals surface area contributed by atoms with Gasteiger partial charge in [-0.15, -0.1) is 0 Å². The Balaban J connectivity index is 1.63. The van der Waals surface area contributed by atoms with Gasteiger partial charge in [0, 0.05) is 35.4 Å². The zero-order valence-corrected chi connectivity index (χ0v) is 18.3. The Bertz CT molecular complexity index is 1280. The number of benzene rings is 3. The summed E-state index contributed by atoms with van der Waals surface area (Å²) in [5, 5.41) is 11.2. The number of para-hydroxylation sites is 1. The monoisotopic (exact) mass is 463 g/mol. The third-order valence-electron chi connectivity index (χ3n) is 5.99. The minimum atomic E-state index is -0.903. The van der Waals surface area contributed by atoms with Gasteiger partial charge in [0.1, 0.15) is 11.6 Å². The van der Waals surface area contributed by atoms with Crippen molar-refractivity contribution in [2.75, 3.05) is 4.90 Å². The van der Waals surface area contributed by atoms with Crippen LogP contribution in [0.15, 0.2) is 72.8 Å². The fourth-order valence-corrected chi connectivity index (χ4v) is 4.98. The van der Waals surface area contributed by atoms with E-state index in [2.05, 4.69) is 0 Å². The number of nitro benzene ring substituents is 1. The van der Waals surface area contributed by atoms with Gasteiger partial charge in [-0.3, -0.25) is 24.7 Å². The molecule has 7 nitrogen and oxygen atoms in total. The number of rotatable bonds is 3. The first-order valence-corrected chi connectivity index (χ1v) is 10.6. The Morgan fingerprint density at radius 2 is 1.79 bits per heavy atom. The summed E-state index contributed by atoms with van der Waals surface area (Å²) >= 11 is 5.81. The molecule has 2 aliphatic heterocycles. The second-order valence-electron chi connectivity index (χ2n) is 8.11. The maximum atomic E-state index is 13.7. The lowest BCUT2D eigenvalue weighted by molar-refractivity contribution is -0.384. The second-order valence-corrected chi connectivity index (χ2v) is 8.47. The van der Waals surface area contributed by atoms with Crippen LogP contribution < -0.4 is 9.64 Å². The molecule has 1 amide bonds. The molecule has 0 aliphatic carbocycles. The topological polar surface area (TPSA) is 75.9 Å². The highest BCUT2D eigenvalue weighted by Gasteiger charge is 2.53. The number of nitro groups is 1. The SMILES string of the molecule is C[C@@]12C[C@@H](c3ccccc3O1)N(C(=O)c1ccc([N+](=O)[O-])cc1)C(=S)N2c1ccc(F)cc1. The summed E-state index contributed by atoms with van der Waals surface area (Å²) in [6, 6.07) is 18.3. The third-order valence-corrected chi connectivity index (χ3v) is 6.37. The number of nitrogens with zero attached hydrogens (tertiary/aromatic N) is 3. The van der Waals surface area contributed by atoms with Crippen molar-refractivity contribution in [1.82, 2.24) is 4.90 Å². The zero-order valence-electron chi connectivity index (χ0n) is 17.5. The Labute approximate surface area is 194 Å². The van der Waals surface area contributed by atoms with Gasteiger partial charge >= 0.3 is 0 Å². The Morgan fingerprint density at radius 3 is 2.45 bits per heavy atom. The number of fused-ring (bicyclic) bond motifs is 4. The van der Waals surface area contributed by atoms with Crippen molar-refractivity contribution in [1.29, 1.82) is 0 Å². The largest absolute Gasteiger partial charge is 0.467 e. The van der Waals surface area contributed by atoms with E-state index in [0.29, 0.717) is 17.9 Å². The van der Waals surface area contributed by atoms with E-state index in [-0.39, 0.29) is 22.3 Å². The summed E-state index contributed by atoms with van der Waals surface area (Å²) < 4.78 is 20.0. The number of carbonyl (C=O) groups is 1. The molecular weight excluding hydrogens is 445 g/mol. The summed E-state index contributed by atoms with van der Waals surface area (Å²) in [6.45, 7) is 1.89. The van der Waals surface area contributed by atoms with E-state index in [1.54, 1.807) is 17.0 Å². The number of halogens is 1. The molecule has 3 aromatic rings. The van der Waals surface area contributed by atoms with Crippen molar-refractivity contribution in [2.24, 2.45) is 0 Å². The smallest absolute Gasteiger partial charge is 0.269 e. The molecule has 166 valence electrons. The molecule has 0 radical (unpaired) electrons. The second kappa shape index (κ2) is 7.63. The molecule has 2 heterocycles. The molecule has 3 aromatic carbocycles. The quantitative estimate of drug-likeness (QED) is 0.301. The first kappa shape index (κ1) is 21.0. The lowest BCUT2D eigenvalue weighted by Crippen LogP contribution is -2.67. The highest BCUT2D eigenvalue weighted by molar-refractivity contribution is 7.80. The maximum absolute atomic E-state index is 13.7. The lowest BCUT2D eigenvalue weighted by atomic mass is 9.88. The van der Waals surface area contributed by atoms with Gasteiger partial charge in [-0.05, 0) is 61.6 Å². The van der Waals surface area contributed by atoms with E-state index in [0.717, 1.165) is 5.56 Å². The third kappa shape index (κ3) is 3.41. The van der Waals surface area contributed by atoms with E-state index in [1.807, 2.05) is 31.2 Å². The summed E-state index contributed by atoms with van der Waals surface area (Å²) in [5.74, 6) is -0.142. The molecule has 33 heavy (non-hydrogen) atoms. The molecule has 1 fully saturated rings. The van der Waals surface area contributed by atoms with Gasteiger partial charge in [0.05, 0.1) is 11.0 Å². The molecule has 1 saturated heterocycles. The van der Waals surface area contributed by atoms with Gasteiger partial charge in [-0.1, -0.05) is 18.2 Å². The van der Waals surface area contributed by atoms with Crippen LogP contribution in [-0.2, 0) is 0 Å². The van der Waals surface area contributed by atoms with Crippen molar-refractivity contribution in [2.45, 2.75) is 25.1 Å². The molecule has 9 heteroatoms. The minimum Gasteiger partial charge on any atom is -0.467 e. The van der Waals surface area contributed by atoms with Crippen molar-refractivity contribution in [3.05, 3.63) is 99.9 Å². The molecule has 0 N–H and O–H groups in total. The Kier molecular flexibility index (Phi) is 4.86. The summed E-state index contributed by atoms with van der Waals surface area (Å²) in [4.78, 5) is 27.4. The number of carbonyl (C=O) groups excluding carboxylic acids is 1. The first-order chi connectivity index (χ1) is 15.8. The fraction of sp³-hybridized carbons (Fsp3) is 0.167. The van der Waals surface area contributed by atoms with Crippen LogP contribution in [0.5, 0.6) is 5.75 Å². The number of thiocarbonyl (C=S) groups is 1. The highest BCUT2D eigenvalue weighted by atomic mass is 32.1. The van der Waals surface area contributed by atoms with E-state index < -0.39 is 22.5 Å². The van der Waals surface area contributed by atoms with Gasteiger partial charge < -0.3 is 4.74 Å². The summed E-state index contributed by atoms with van der Waals surface area (Å²) in [6.07, 6.45) is 0.417. The predicted octanol–water partition coefficient (Wildman–Crippen LogP) is 5.22. The van der Waals surface area contributed by atoms with Crippen LogP contribution in [0, 0.1) is 15.9 Å². The zero-order chi connectivity index (χ0) is 23.3. The minimum absolute atomic E-state index is 0.107. The van der Waals surface area contributed by atoms with Crippen LogP contribution in [0.25, 0.3) is 0 Å². The molecule has 0 spiro atoms. The number of hydrogen-bond acceptors (Lipinski definition) is 5. The van der Waals surface area contributed by atoms with E-state index in [1.165, 1.54) is 41.3 Å². The van der Waals surface area contributed by atoms with Crippen molar-refractivity contribution in [3.8, 4) is 5.75 Å². The molecule has 5 rings (SSSR count). The van der Waals surface area contributed by atoms with Crippen LogP contribution in [0.1, 0.15) is 35.3 Å². The number of anilines is 1. The Morgan fingerprint density at radius 1 is 1.12 bits per heavy atom. The van der Waals surface area contributed by atoms with E-state index in [4.69, 9.17) is 17.0 Å². The van der Waals surface area contributed by atoms with Crippen molar-refractivity contribution in [3.63, 3.8) is 0 Å². The average molecular weight is 463 g/mol. The molecule has 2 aliphatic rings.